The molecular weight excluding hydrogens is 476 g/mol. The van der Waals surface area contributed by atoms with Crippen molar-refractivity contribution in [2.75, 3.05) is 20.2 Å². The number of nitrogens with zero attached hydrogens (tertiary/aromatic N) is 1. The largest absolute Gasteiger partial charge is 0.466 e. The minimum Gasteiger partial charge on any atom is -0.466 e. The monoisotopic (exact) mass is 522 g/mol. The van der Waals surface area contributed by atoms with Crippen LogP contribution in [0.3, 0.4) is 0 Å². The summed E-state index contributed by atoms with van der Waals surface area (Å²) in [5.74, 6) is -0.809. The van der Waals surface area contributed by atoms with E-state index in [2.05, 4.69) is 83.8 Å². The average molecular weight is 523 g/mol. The van der Waals surface area contributed by atoms with Gasteiger partial charge in [-0.25, -0.2) is 4.79 Å². The number of hydrogen-bond donors (Lipinski definition) is 1. The van der Waals surface area contributed by atoms with Crippen molar-refractivity contribution in [1.82, 2.24) is 10.2 Å². The van der Waals surface area contributed by atoms with E-state index in [-0.39, 0.29) is 17.9 Å². The van der Waals surface area contributed by atoms with E-state index < -0.39 is 5.97 Å². The highest BCUT2D eigenvalue weighted by Crippen LogP contribution is 2.17. The SMILES string of the molecule is CCC=CCC=CCC=CCC=CCC=CCC=CCCC(=O)NCC1CCCN1C(=O)C=CC(=O)OC. The molecular formula is C32H46N2O4. The lowest BCUT2D eigenvalue weighted by molar-refractivity contribution is -0.135. The van der Waals surface area contributed by atoms with Gasteiger partial charge in [0.25, 0.3) is 0 Å². The van der Waals surface area contributed by atoms with Crippen LogP contribution in [0.4, 0.5) is 0 Å². The molecule has 0 aromatic rings. The Balaban J connectivity index is 2.10. The molecule has 1 aliphatic heterocycles. The first-order valence-corrected chi connectivity index (χ1v) is 13.8. The van der Waals surface area contributed by atoms with E-state index in [9.17, 15) is 14.4 Å². The van der Waals surface area contributed by atoms with Crippen molar-refractivity contribution < 1.29 is 19.1 Å². The van der Waals surface area contributed by atoms with Crippen molar-refractivity contribution in [2.24, 2.45) is 0 Å². The van der Waals surface area contributed by atoms with E-state index in [1.807, 2.05) is 6.08 Å². The molecule has 0 aliphatic carbocycles. The minimum atomic E-state index is -0.559. The van der Waals surface area contributed by atoms with Gasteiger partial charge in [-0.05, 0) is 57.8 Å². The van der Waals surface area contributed by atoms with Gasteiger partial charge < -0.3 is 15.0 Å². The second-order valence-electron chi connectivity index (χ2n) is 8.94. The zero-order valence-electron chi connectivity index (χ0n) is 23.2. The standard InChI is InChI=1S/C32H46N2O4/c1-3-4-5-6-7-8-9-10-11-12-13-14-15-16-17-18-19-20-21-24-30(35)33-28-29-23-22-27-34(29)31(36)25-26-32(37)38-2/h4-5,7-8,10-11,13-14,16-17,19-20,25-26,29H,3,6,9,12,15,18,21-24,27-28H2,1-2H3,(H,33,35). The summed E-state index contributed by atoms with van der Waals surface area (Å²) in [6.07, 6.45) is 37.0. The Bertz CT molecular complexity index is 893. The second kappa shape index (κ2) is 22.8. The van der Waals surface area contributed by atoms with Crippen molar-refractivity contribution in [3.05, 3.63) is 85.1 Å². The molecule has 38 heavy (non-hydrogen) atoms. The van der Waals surface area contributed by atoms with Gasteiger partial charge in [-0.3, -0.25) is 9.59 Å². The molecule has 1 unspecified atom stereocenters. The number of carbonyl (C=O) groups excluding carboxylic acids is 3. The minimum absolute atomic E-state index is 0.0195. The molecule has 0 aromatic heterocycles. The lowest BCUT2D eigenvalue weighted by atomic mass is 10.2. The summed E-state index contributed by atoms with van der Waals surface area (Å²) in [6.45, 7) is 3.20. The van der Waals surface area contributed by atoms with Gasteiger partial charge in [0.15, 0.2) is 0 Å². The predicted octanol–water partition coefficient (Wildman–Crippen LogP) is 6.30. The van der Waals surface area contributed by atoms with E-state index in [0.29, 0.717) is 25.9 Å². The molecule has 6 heteroatoms. The van der Waals surface area contributed by atoms with Gasteiger partial charge >= 0.3 is 5.97 Å². The number of esters is 1. The molecule has 2 amide bonds. The second-order valence-corrected chi connectivity index (χ2v) is 8.94. The topological polar surface area (TPSA) is 75.7 Å². The smallest absolute Gasteiger partial charge is 0.330 e. The average Bonchev–Trinajstić information content (AvgIpc) is 3.40. The Hall–Kier alpha value is -3.41. The third-order valence-corrected chi connectivity index (χ3v) is 5.89. The number of methoxy groups -OCH3 is 1. The van der Waals surface area contributed by atoms with Gasteiger partial charge in [0.1, 0.15) is 0 Å². The van der Waals surface area contributed by atoms with E-state index in [4.69, 9.17) is 0 Å². The normalized spacial score (nSPS) is 16.6. The van der Waals surface area contributed by atoms with E-state index >= 15 is 0 Å². The molecule has 0 bridgehead atoms. The number of allylic oxidation sites excluding steroid dienone is 12. The third kappa shape index (κ3) is 17.1. The number of hydrogen-bond acceptors (Lipinski definition) is 4. The van der Waals surface area contributed by atoms with Gasteiger partial charge in [0.05, 0.1) is 7.11 Å². The molecule has 1 rings (SSSR count). The zero-order chi connectivity index (χ0) is 27.7. The van der Waals surface area contributed by atoms with E-state index in [1.165, 1.54) is 13.2 Å². The molecule has 208 valence electrons. The summed E-state index contributed by atoms with van der Waals surface area (Å²) < 4.78 is 4.51. The van der Waals surface area contributed by atoms with E-state index in [0.717, 1.165) is 57.4 Å². The first-order chi connectivity index (χ1) is 18.6. The van der Waals surface area contributed by atoms with Crippen LogP contribution < -0.4 is 5.32 Å². The first-order valence-electron chi connectivity index (χ1n) is 13.8. The Kier molecular flexibility index (Phi) is 19.5. The molecule has 1 fully saturated rings. The van der Waals surface area contributed by atoms with Crippen molar-refractivity contribution in [3.63, 3.8) is 0 Å². The van der Waals surface area contributed by atoms with Crippen molar-refractivity contribution in [1.29, 1.82) is 0 Å². The van der Waals surface area contributed by atoms with Gasteiger partial charge in [-0.1, -0.05) is 79.8 Å². The van der Waals surface area contributed by atoms with Crippen molar-refractivity contribution in [3.8, 4) is 0 Å². The molecule has 1 heterocycles. The first kappa shape index (κ1) is 32.6. The molecule has 1 aliphatic rings. The lowest BCUT2D eigenvalue weighted by Crippen LogP contribution is -2.42. The quantitative estimate of drug-likeness (QED) is 0.130. The van der Waals surface area contributed by atoms with Crippen molar-refractivity contribution in [2.45, 2.75) is 77.2 Å². The van der Waals surface area contributed by atoms with Gasteiger partial charge in [-0.2, -0.15) is 0 Å². The van der Waals surface area contributed by atoms with Crippen LogP contribution in [0.25, 0.3) is 0 Å². The third-order valence-electron chi connectivity index (χ3n) is 5.89. The number of rotatable bonds is 18. The van der Waals surface area contributed by atoms with Crippen LogP contribution in [-0.4, -0.2) is 48.9 Å². The highest BCUT2D eigenvalue weighted by atomic mass is 16.5. The predicted molar refractivity (Wildman–Crippen MR) is 156 cm³/mol. The zero-order valence-corrected chi connectivity index (χ0v) is 23.2. The fraction of sp³-hybridized carbons (Fsp3) is 0.469. The van der Waals surface area contributed by atoms with Gasteiger partial charge in [-0.15, -0.1) is 0 Å². The maximum atomic E-state index is 12.3. The van der Waals surface area contributed by atoms with Crippen LogP contribution >= 0.6 is 0 Å². The fourth-order valence-electron chi connectivity index (χ4n) is 3.82. The number of ether oxygens (including phenoxy) is 1. The van der Waals surface area contributed by atoms with Crippen molar-refractivity contribution >= 4 is 17.8 Å². The number of amides is 2. The molecule has 0 saturated carbocycles. The van der Waals surface area contributed by atoms with Crippen LogP contribution in [0, 0.1) is 0 Å². The number of nitrogens with one attached hydrogen (secondary N) is 1. The summed E-state index contributed by atoms with van der Waals surface area (Å²) in [4.78, 5) is 37.3. The Morgan fingerprint density at radius 2 is 1.32 bits per heavy atom. The van der Waals surface area contributed by atoms with Gasteiger partial charge in [0.2, 0.25) is 11.8 Å². The summed E-state index contributed by atoms with van der Waals surface area (Å²) in [5.41, 5.74) is 0. The number of likely N-dealkylation sites (tertiary alicyclic amines) is 1. The molecule has 0 aromatic carbocycles. The lowest BCUT2D eigenvalue weighted by Gasteiger charge is -2.23. The maximum Gasteiger partial charge on any atom is 0.330 e. The van der Waals surface area contributed by atoms with Crippen LogP contribution in [0.2, 0.25) is 0 Å². The number of carbonyl (C=O) groups is 3. The highest BCUT2D eigenvalue weighted by molar-refractivity contribution is 5.94. The Morgan fingerprint density at radius 1 is 0.789 bits per heavy atom. The fourth-order valence-corrected chi connectivity index (χ4v) is 3.82. The van der Waals surface area contributed by atoms with Crippen LogP contribution in [0.15, 0.2) is 85.1 Å². The summed E-state index contributed by atoms with van der Waals surface area (Å²) >= 11 is 0. The van der Waals surface area contributed by atoms with Gasteiger partial charge in [0, 0.05) is 37.7 Å². The highest BCUT2D eigenvalue weighted by Gasteiger charge is 2.27. The molecule has 1 saturated heterocycles. The molecule has 1 atom stereocenters. The maximum absolute atomic E-state index is 12.3. The van der Waals surface area contributed by atoms with Crippen LogP contribution in [0.1, 0.15) is 71.1 Å². The Labute approximate surface area is 229 Å². The molecule has 0 radical (unpaired) electrons. The molecule has 0 spiro atoms. The summed E-state index contributed by atoms with van der Waals surface area (Å²) in [5, 5.41) is 2.93. The van der Waals surface area contributed by atoms with Crippen LogP contribution in [-0.2, 0) is 19.1 Å². The summed E-state index contributed by atoms with van der Waals surface area (Å²) in [7, 11) is 1.27. The molecule has 1 N–H and O–H groups in total. The van der Waals surface area contributed by atoms with Crippen LogP contribution in [0.5, 0.6) is 0 Å². The Morgan fingerprint density at radius 3 is 1.84 bits per heavy atom. The van der Waals surface area contributed by atoms with E-state index in [1.54, 1.807) is 4.90 Å². The summed E-state index contributed by atoms with van der Waals surface area (Å²) in [6, 6.07) is -0.0420. The molecule has 6 nitrogen and oxygen atoms in total.